The summed E-state index contributed by atoms with van der Waals surface area (Å²) in [6.07, 6.45) is 2.17. The molecule has 0 saturated carbocycles. The van der Waals surface area contributed by atoms with Crippen molar-refractivity contribution < 1.29 is 4.74 Å². The molecule has 5 heteroatoms. The molecule has 0 saturated heterocycles. The minimum absolute atomic E-state index is 0.0890. The summed E-state index contributed by atoms with van der Waals surface area (Å²) in [5.74, 6) is 6.22. The van der Waals surface area contributed by atoms with Crippen LogP contribution in [0.5, 0.6) is 0 Å². The van der Waals surface area contributed by atoms with Gasteiger partial charge in [-0.2, -0.15) is 0 Å². The number of nitrogens with two attached hydrogens (primary N) is 2. The Hall–Kier alpha value is -1.95. The van der Waals surface area contributed by atoms with Crippen LogP contribution in [-0.2, 0) is 11.2 Å². The molecule has 1 heterocycles. The molecule has 5 N–H and O–H groups in total. The van der Waals surface area contributed by atoms with Crippen LogP contribution in [0.2, 0.25) is 0 Å². The van der Waals surface area contributed by atoms with E-state index in [1.807, 2.05) is 42.5 Å². The van der Waals surface area contributed by atoms with Crippen LogP contribution >= 0.6 is 0 Å². The SMILES string of the molecule is COC(c1ccccc1)C(Cc1cccnc1N)NN. The summed E-state index contributed by atoms with van der Waals surface area (Å²) in [6.45, 7) is 0. The van der Waals surface area contributed by atoms with Crippen LogP contribution in [0.25, 0.3) is 0 Å². The van der Waals surface area contributed by atoms with E-state index in [1.165, 1.54) is 0 Å². The number of hydrogen-bond acceptors (Lipinski definition) is 5. The second kappa shape index (κ2) is 7.00. The molecule has 0 aliphatic heterocycles. The number of hydrogen-bond donors (Lipinski definition) is 3. The van der Waals surface area contributed by atoms with Crippen molar-refractivity contribution in [2.45, 2.75) is 18.6 Å². The number of aromatic nitrogens is 1. The maximum absolute atomic E-state index is 5.88. The minimum Gasteiger partial charge on any atom is -0.383 e. The summed E-state index contributed by atoms with van der Waals surface area (Å²) in [7, 11) is 1.68. The highest BCUT2D eigenvalue weighted by Gasteiger charge is 2.23. The largest absolute Gasteiger partial charge is 0.383 e. The van der Waals surface area contributed by atoms with Crippen LogP contribution in [0.15, 0.2) is 48.7 Å². The Morgan fingerprint density at radius 1 is 1.20 bits per heavy atom. The fourth-order valence-corrected chi connectivity index (χ4v) is 2.29. The van der Waals surface area contributed by atoms with Gasteiger partial charge in [-0.15, -0.1) is 0 Å². The van der Waals surface area contributed by atoms with Gasteiger partial charge < -0.3 is 10.5 Å². The van der Waals surface area contributed by atoms with Gasteiger partial charge in [-0.3, -0.25) is 11.3 Å². The predicted octanol–water partition coefficient (Wildman–Crippen LogP) is 1.43. The van der Waals surface area contributed by atoms with E-state index in [4.69, 9.17) is 16.3 Å². The molecule has 106 valence electrons. The zero-order valence-electron chi connectivity index (χ0n) is 11.5. The number of ether oxygens (including phenoxy) is 1. The van der Waals surface area contributed by atoms with Crippen LogP contribution in [0, 0.1) is 0 Å². The molecule has 0 aliphatic rings. The highest BCUT2D eigenvalue weighted by atomic mass is 16.5. The van der Waals surface area contributed by atoms with Gasteiger partial charge in [0.25, 0.3) is 0 Å². The molecule has 0 spiro atoms. The second-order valence-electron chi connectivity index (χ2n) is 4.59. The Morgan fingerprint density at radius 3 is 2.55 bits per heavy atom. The Labute approximate surface area is 118 Å². The van der Waals surface area contributed by atoms with Crippen LogP contribution in [-0.4, -0.2) is 18.1 Å². The molecule has 2 unspecified atom stereocenters. The average Bonchev–Trinajstić information content (AvgIpc) is 2.50. The summed E-state index contributed by atoms with van der Waals surface area (Å²) >= 11 is 0. The number of anilines is 1. The van der Waals surface area contributed by atoms with Gasteiger partial charge in [0.15, 0.2) is 0 Å². The third kappa shape index (κ3) is 3.33. The van der Waals surface area contributed by atoms with Crippen molar-refractivity contribution in [2.75, 3.05) is 12.8 Å². The van der Waals surface area contributed by atoms with Crippen molar-refractivity contribution in [1.29, 1.82) is 0 Å². The molecular formula is C15H20N4O. The van der Waals surface area contributed by atoms with Crippen molar-refractivity contribution in [3.05, 3.63) is 59.8 Å². The fourth-order valence-electron chi connectivity index (χ4n) is 2.29. The predicted molar refractivity (Wildman–Crippen MR) is 79.7 cm³/mol. The second-order valence-corrected chi connectivity index (χ2v) is 4.59. The van der Waals surface area contributed by atoms with Crippen molar-refractivity contribution >= 4 is 5.82 Å². The first kappa shape index (κ1) is 14.5. The van der Waals surface area contributed by atoms with E-state index in [1.54, 1.807) is 13.3 Å². The molecular weight excluding hydrogens is 252 g/mol. The Bertz CT molecular complexity index is 532. The lowest BCUT2D eigenvalue weighted by Crippen LogP contribution is -2.42. The van der Waals surface area contributed by atoms with Gasteiger partial charge in [0.05, 0.1) is 12.1 Å². The fraction of sp³-hybridized carbons (Fsp3) is 0.267. The number of benzene rings is 1. The van der Waals surface area contributed by atoms with Gasteiger partial charge in [-0.25, -0.2) is 4.98 Å². The first-order valence-electron chi connectivity index (χ1n) is 6.49. The van der Waals surface area contributed by atoms with Crippen molar-refractivity contribution in [3.63, 3.8) is 0 Å². The van der Waals surface area contributed by atoms with Gasteiger partial charge in [0, 0.05) is 13.3 Å². The maximum atomic E-state index is 5.88. The van der Waals surface area contributed by atoms with E-state index < -0.39 is 0 Å². The van der Waals surface area contributed by atoms with Gasteiger partial charge in [-0.1, -0.05) is 36.4 Å². The molecule has 20 heavy (non-hydrogen) atoms. The molecule has 0 amide bonds. The number of rotatable bonds is 6. The normalized spacial score (nSPS) is 13.9. The standard InChI is InChI=1S/C15H20N4O/c1-20-14(11-6-3-2-4-7-11)13(19-17)10-12-8-5-9-18-15(12)16/h2-9,13-14,19H,10,17H2,1H3,(H2,16,18). The van der Waals surface area contributed by atoms with E-state index in [2.05, 4.69) is 10.4 Å². The summed E-state index contributed by atoms with van der Waals surface area (Å²) in [6, 6.07) is 13.7. The molecule has 0 radical (unpaired) electrons. The minimum atomic E-state index is -0.152. The van der Waals surface area contributed by atoms with E-state index >= 15 is 0 Å². The third-order valence-electron chi connectivity index (χ3n) is 3.33. The molecule has 0 aliphatic carbocycles. The highest BCUT2D eigenvalue weighted by molar-refractivity contribution is 5.39. The van der Waals surface area contributed by atoms with E-state index in [0.717, 1.165) is 11.1 Å². The van der Waals surface area contributed by atoms with Crippen molar-refractivity contribution in [1.82, 2.24) is 10.4 Å². The van der Waals surface area contributed by atoms with E-state index in [-0.39, 0.29) is 12.1 Å². The third-order valence-corrected chi connectivity index (χ3v) is 3.33. The molecule has 5 nitrogen and oxygen atoms in total. The molecule has 0 fully saturated rings. The van der Waals surface area contributed by atoms with Crippen molar-refractivity contribution in [2.24, 2.45) is 5.84 Å². The van der Waals surface area contributed by atoms with E-state index in [9.17, 15) is 0 Å². The molecule has 2 rings (SSSR count). The lowest BCUT2D eigenvalue weighted by molar-refractivity contribution is 0.0679. The topological polar surface area (TPSA) is 86.2 Å². The van der Waals surface area contributed by atoms with Crippen LogP contribution < -0.4 is 17.0 Å². The lowest BCUT2D eigenvalue weighted by atomic mass is 9.96. The highest BCUT2D eigenvalue weighted by Crippen LogP contribution is 2.23. The average molecular weight is 272 g/mol. The monoisotopic (exact) mass is 272 g/mol. The molecule has 0 bridgehead atoms. The zero-order valence-corrected chi connectivity index (χ0v) is 11.5. The Kier molecular flexibility index (Phi) is 5.06. The lowest BCUT2D eigenvalue weighted by Gasteiger charge is -2.26. The van der Waals surface area contributed by atoms with Crippen molar-refractivity contribution in [3.8, 4) is 0 Å². The summed E-state index contributed by atoms with van der Waals surface area (Å²) in [5, 5.41) is 0. The number of nitrogen functional groups attached to an aromatic ring is 1. The van der Waals surface area contributed by atoms with E-state index in [0.29, 0.717) is 12.2 Å². The molecule has 1 aromatic carbocycles. The van der Waals surface area contributed by atoms with Gasteiger partial charge in [0.2, 0.25) is 0 Å². The van der Waals surface area contributed by atoms with Gasteiger partial charge in [0.1, 0.15) is 5.82 Å². The smallest absolute Gasteiger partial charge is 0.126 e. The first-order valence-corrected chi connectivity index (χ1v) is 6.49. The number of nitrogens with zero attached hydrogens (tertiary/aromatic N) is 1. The molecule has 2 aromatic rings. The number of nitrogens with one attached hydrogen (secondary N) is 1. The van der Waals surface area contributed by atoms with Gasteiger partial charge in [-0.05, 0) is 23.6 Å². The summed E-state index contributed by atoms with van der Waals surface area (Å²) in [5.41, 5.74) is 10.7. The van der Waals surface area contributed by atoms with Gasteiger partial charge >= 0.3 is 0 Å². The van der Waals surface area contributed by atoms with Crippen LogP contribution in [0.3, 0.4) is 0 Å². The zero-order chi connectivity index (χ0) is 14.4. The first-order chi connectivity index (χ1) is 9.76. The maximum Gasteiger partial charge on any atom is 0.126 e. The van der Waals surface area contributed by atoms with Crippen LogP contribution in [0.4, 0.5) is 5.82 Å². The number of pyridine rings is 1. The summed E-state index contributed by atoms with van der Waals surface area (Å²) < 4.78 is 5.60. The number of hydrazine groups is 1. The van der Waals surface area contributed by atoms with Crippen LogP contribution in [0.1, 0.15) is 17.2 Å². The number of methoxy groups -OCH3 is 1. The molecule has 1 aromatic heterocycles. The Balaban J connectivity index is 2.20. The quantitative estimate of drug-likeness (QED) is 0.547. The molecule has 2 atom stereocenters. The Morgan fingerprint density at radius 2 is 1.95 bits per heavy atom. The summed E-state index contributed by atoms with van der Waals surface area (Å²) in [4.78, 5) is 4.09.